The summed E-state index contributed by atoms with van der Waals surface area (Å²) in [5.74, 6) is -0.729. The van der Waals surface area contributed by atoms with Gasteiger partial charge in [0.25, 0.3) is 0 Å². The second-order valence-corrected chi connectivity index (χ2v) is 7.84. The molecular formula is C21H24FO3P. The lowest BCUT2D eigenvalue weighted by molar-refractivity contribution is -0.140. The number of hydrogen-bond acceptors (Lipinski definition) is 3. The van der Waals surface area contributed by atoms with Crippen molar-refractivity contribution in [3.05, 3.63) is 70.5 Å². The summed E-state index contributed by atoms with van der Waals surface area (Å²) in [5.41, 5.74) is 4.52. The molecule has 1 heterocycles. The molecule has 2 aliphatic rings. The highest BCUT2D eigenvalue weighted by Gasteiger charge is 2.38. The maximum absolute atomic E-state index is 14.0. The third-order valence-corrected chi connectivity index (χ3v) is 5.64. The molecule has 0 aromatic heterocycles. The van der Waals surface area contributed by atoms with Crippen LogP contribution in [0.3, 0.4) is 0 Å². The van der Waals surface area contributed by atoms with E-state index in [9.17, 15) is 4.39 Å². The predicted octanol–water partition coefficient (Wildman–Crippen LogP) is 4.90. The summed E-state index contributed by atoms with van der Waals surface area (Å²) < 4.78 is 31.6. The standard InChI is InChI=1S/C21H24FO3P/c1-21(2)23-12-16(24-21)11-19-17-6-4-3-5-13(17)9-14-7-8-15(22)10-18(14)20(19)25-26/h3-8,10,16,19-20H,9,11-12,26H2,1-2H3/t16?,19-,20-/m1/s1. The fourth-order valence-electron chi connectivity index (χ4n) is 4.21. The highest BCUT2D eigenvalue weighted by Crippen LogP contribution is 2.46. The summed E-state index contributed by atoms with van der Waals surface area (Å²) in [6, 6.07) is 13.4. The normalized spacial score (nSPS) is 26.8. The maximum Gasteiger partial charge on any atom is 0.163 e. The van der Waals surface area contributed by atoms with Crippen LogP contribution >= 0.6 is 9.47 Å². The highest BCUT2D eigenvalue weighted by atomic mass is 31.0. The Hall–Kier alpha value is -1.32. The number of fused-ring (bicyclic) bond motifs is 2. The average Bonchev–Trinajstić information content (AvgIpc) is 2.89. The summed E-state index contributed by atoms with van der Waals surface area (Å²) in [4.78, 5) is 0. The zero-order valence-corrected chi connectivity index (χ0v) is 16.2. The van der Waals surface area contributed by atoms with E-state index in [-0.39, 0.29) is 23.9 Å². The van der Waals surface area contributed by atoms with Crippen LogP contribution in [0, 0.1) is 5.82 Å². The number of ether oxygens (including phenoxy) is 2. The van der Waals surface area contributed by atoms with Crippen LogP contribution in [0.2, 0.25) is 0 Å². The van der Waals surface area contributed by atoms with Crippen LogP contribution in [0.4, 0.5) is 4.39 Å². The van der Waals surface area contributed by atoms with Crippen molar-refractivity contribution in [2.45, 2.75) is 50.6 Å². The molecule has 0 saturated carbocycles. The maximum atomic E-state index is 14.0. The monoisotopic (exact) mass is 374 g/mol. The van der Waals surface area contributed by atoms with Gasteiger partial charge in [0.1, 0.15) is 5.82 Å². The lowest BCUT2D eigenvalue weighted by Gasteiger charge is -2.29. The van der Waals surface area contributed by atoms with Crippen LogP contribution in [0.25, 0.3) is 0 Å². The van der Waals surface area contributed by atoms with Crippen molar-refractivity contribution in [2.24, 2.45) is 0 Å². The minimum Gasteiger partial charge on any atom is -0.357 e. The number of benzene rings is 2. The van der Waals surface area contributed by atoms with Crippen LogP contribution in [-0.2, 0) is 20.4 Å². The fourth-order valence-corrected chi connectivity index (χ4v) is 4.55. The molecule has 26 heavy (non-hydrogen) atoms. The molecule has 138 valence electrons. The van der Waals surface area contributed by atoms with E-state index in [1.54, 1.807) is 6.07 Å². The molecule has 5 heteroatoms. The Morgan fingerprint density at radius 1 is 1.15 bits per heavy atom. The molecule has 2 aromatic carbocycles. The third kappa shape index (κ3) is 3.44. The third-order valence-electron chi connectivity index (χ3n) is 5.35. The van der Waals surface area contributed by atoms with E-state index in [1.165, 1.54) is 17.2 Å². The Kier molecular flexibility index (Phi) is 4.87. The van der Waals surface area contributed by atoms with Crippen LogP contribution in [0.15, 0.2) is 42.5 Å². The van der Waals surface area contributed by atoms with E-state index in [2.05, 4.69) is 33.7 Å². The molecule has 4 rings (SSSR count). The fraction of sp³-hybridized carbons (Fsp3) is 0.429. The van der Waals surface area contributed by atoms with Crippen LogP contribution in [0.5, 0.6) is 0 Å². The zero-order chi connectivity index (χ0) is 18.3. The molecule has 2 aromatic rings. The van der Waals surface area contributed by atoms with E-state index < -0.39 is 5.79 Å². The molecule has 2 unspecified atom stereocenters. The molecule has 0 N–H and O–H groups in total. The Morgan fingerprint density at radius 2 is 1.92 bits per heavy atom. The van der Waals surface area contributed by atoms with Crippen LogP contribution in [0.1, 0.15) is 54.5 Å². The van der Waals surface area contributed by atoms with Crippen molar-refractivity contribution in [2.75, 3.05) is 6.61 Å². The van der Waals surface area contributed by atoms with Crippen LogP contribution in [-0.4, -0.2) is 18.5 Å². The lowest BCUT2D eigenvalue weighted by Crippen LogP contribution is -2.24. The molecule has 1 aliphatic carbocycles. The summed E-state index contributed by atoms with van der Waals surface area (Å²) in [5, 5.41) is 0. The van der Waals surface area contributed by atoms with Gasteiger partial charge in [0.15, 0.2) is 5.79 Å². The van der Waals surface area contributed by atoms with Crippen molar-refractivity contribution >= 4 is 9.47 Å². The second-order valence-electron chi connectivity index (χ2n) is 7.57. The van der Waals surface area contributed by atoms with Gasteiger partial charge in [-0.15, -0.1) is 0 Å². The highest BCUT2D eigenvalue weighted by molar-refractivity contribution is 7.09. The van der Waals surface area contributed by atoms with Crippen molar-refractivity contribution in [3.63, 3.8) is 0 Å². The van der Waals surface area contributed by atoms with Crippen molar-refractivity contribution in [1.29, 1.82) is 0 Å². The molecule has 1 aliphatic heterocycles. The summed E-state index contributed by atoms with van der Waals surface area (Å²) >= 11 is 0. The van der Waals surface area contributed by atoms with Gasteiger partial charge in [-0.2, -0.15) is 0 Å². The summed E-state index contributed by atoms with van der Waals surface area (Å²) in [6.07, 6.45) is 1.28. The zero-order valence-electron chi connectivity index (χ0n) is 15.1. The first kappa shape index (κ1) is 18.1. The molecule has 0 spiro atoms. The minimum absolute atomic E-state index is 0.0131. The SMILES string of the molecule is CC1(C)OCC(C[C@@H]2c3ccccc3Cc3ccc(F)cc3[C@H]2OP)O1. The quantitative estimate of drug-likeness (QED) is 0.715. The first-order chi connectivity index (χ1) is 12.5. The molecule has 1 fully saturated rings. The summed E-state index contributed by atoms with van der Waals surface area (Å²) in [6.45, 7) is 4.43. The van der Waals surface area contributed by atoms with Gasteiger partial charge in [0, 0.05) is 15.4 Å². The lowest BCUT2D eigenvalue weighted by atomic mass is 9.85. The first-order valence-corrected chi connectivity index (χ1v) is 9.47. The second kappa shape index (κ2) is 7.01. The smallest absolute Gasteiger partial charge is 0.163 e. The Balaban J connectivity index is 1.76. The molecule has 0 amide bonds. The van der Waals surface area contributed by atoms with Gasteiger partial charge >= 0.3 is 0 Å². The number of halogens is 1. The molecule has 4 atom stereocenters. The molecule has 0 radical (unpaired) electrons. The van der Waals surface area contributed by atoms with Gasteiger partial charge in [-0.1, -0.05) is 30.3 Å². The Morgan fingerprint density at radius 3 is 2.65 bits per heavy atom. The van der Waals surface area contributed by atoms with Crippen molar-refractivity contribution in [3.8, 4) is 0 Å². The first-order valence-electron chi connectivity index (χ1n) is 9.00. The Bertz CT molecular complexity index is 808. The Labute approximate surface area is 156 Å². The molecule has 3 nitrogen and oxygen atoms in total. The molecule has 1 saturated heterocycles. The van der Waals surface area contributed by atoms with Gasteiger partial charge in [0.2, 0.25) is 0 Å². The van der Waals surface area contributed by atoms with Crippen molar-refractivity contribution in [1.82, 2.24) is 0 Å². The van der Waals surface area contributed by atoms with E-state index >= 15 is 0 Å². The molecule has 0 bridgehead atoms. The summed E-state index contributed by atoms with van der Waals surface area (Å²) in [7, 11) is 2.37. The van der Waals surface area contributed by atoms with Crippen molar-refractivity contribution < 1.29 is 18.4 Å². The largest absolute Gasteiger partial charge is 0.357 e. The van der Waals surface area contributed by atoms with Gasteiger partial charge in [-0.3, -0.25) is 0 Å². The minimum atomic E-state index is -0.559. The van der Waals surface area contributed by atoms with E-state index in [4.69, 9.17) is 14.0 Å². The van der Waals surface area contributed by atoms with Gasteiger partial charge in [0.05, 0.1) is 18.8 Å². The predicted molar refractivity (Wildman–Crippen MR) is 101 cm³/mol. The number of rotatable bonds is 3. The van der Waals surface area contributed by atoms with Gasteiger partial charge < -0.3 is 14.0 Å². The average molecular weight is 374 g/mol. The number of hydrogen-bond donors (Lipinski definition) is 0. The molecular weight excluding hydrogens is 350 g/mol. The topological polar surface area (TPSA) is 27.7 Å². The van der Waals surface area contributed by atoms with Crippen LogP contribution < -0.4 is 0 Å². The van der Waals surface area contributed by atoms with Gasteiger partial charge in [-0.25, -0.2) is 4.39 Å². The van der Waals surface area contributed by atoms with E-state index in [1.807, 2.05) is 19.9 Å². The van der Waals surface area contributed by atoms with E-state index in [0.717, 1.165) is 24.0 Å². The van der Waals surface area contributed by atoms with Gasteiger partial charge in [-0.05, 0) is 61.1 Å². The van der Waals surface area contributed by atoms with E-state index in [0.29, 0.717) is 6.61 Å².